The summed E-state index contributed by atoms with van der Waals surface area (Å²) in [6, 6.07) is 24.3. The van der Waals surface area contributed by atoms with E-state index >= 15 is 0 Å². The van der Waals surface area contributed by atoms with Gasteiger partial charge in [0.05, 0.1) is 5.69 Å². The molecule has 2 heteroatoms. The Bertz CT molecular complexity index is 1740. The molecule has 1 aliphatic carbocycles. The van der Waals surface area contributed by atoms with Gasteiger partial charge in [-0.25, -0.2) is 0 Å². The Morgan fingerprint density at radius 2 is 1.68 bits per heavy atom. The normalized spacial score (nSPS) is 13.6. The molecule has 38 heavy (non-hydrogen) atoms. The number of pyridine rings is 1. The average molecular weight is 498 g/mol. The van der Waals surface area contributed by atoms with Gasteiger partial charge in [0, 0.05) is 28.1 Å². The molecule has 0 saturated carbocycles. The number of ketones is 1. The third-order valence-electron chi connectivity index (χ3n) is 8.54. The minimum Gasteiger partial charge on any atom is -0.295 e. The summed E-state index contributed by atoms with van der Waals surface area (Å²) < 4.78 is 0. The van der Waals surface area contributed by atoms with Crippen LogP contribution in [-0.2, 0) is 18.3 Å². The number of fused-ring (bicyclic) bond motifs is 7. The number of carbonyl (C=O) groups is 1. The van der Waals surface area contributed by atoms with Crippen LogP contribution in [-0.4, -0.2) is 10.8 Å². The summed E-state index contributed by atoms with van der Waals surface area (Å²) >= 11 is 0. The summed E-state index contributed by atoms with van der Waals surface area (Å²) in [5, 5.41) is 5.03. The van der Waals surface area contributed by atoms with E-state index in [4.69, 9.17) is 4.98 Å². The topological polar surface area (TPSA) is 30.0 Å². The van der Waals surface area contributed by atoms with Crippen LogP contribution in [0.1, 0.15) is 80.1 Å². The fourth-order valence-corrected chi connectivity index (χ4v) is 6.55. The number of aromatic nitrogens is 1. The second kappa shape index (κ2) is 9.20. The lowest BCUT2D eigenvalue weighted by atomic mass is 9.78. The van der Waals surface area contributed by atoms with Gasteiger partial charge in [0.15, 0.2) is 5.78 Å². The first-order valence-electron chi connectivity index (χ1n) is 14.0. The Balaban J connectivity index is 1.61. The van der Waals surface area contributed by atoms with Crippen molar-refractivity contribution in [1.29, 1.82) is 0 Å². The quantitative estimate of drug-likeness (QED) is 0.173. The Labute approximate surface area is 225 Å². The maximum atomic E-state index is 12.2. The molecule has 1 aromatic heterocycles. The minimum absolute atomic E-state index is 0.116. The second-order valence-corrected chi connectivity index (χ2v) is 11.3. The molecular formula is C36H35NO. The van der Waals surface area contributed by atoms with Gasteiger partial charge in [-0.15, -0.1) is 0 Å². The van der Waals surface area contributed by atoms with Crippen molar-refractivity contribution < 1.29 is 4.79 Å². The molecule has 0 fully saturated rings. The molecule has 0 spiro atoms. The van der Waals surface area contributed by atoms with Gasteiger partial charge >= 0.3 is 0 Å². The third kappa shape index (κ3) is 3.69. The van der Waals surface area contributed by atoms with E-state index in [1.54, 1.807) is 6.92 Å². The molecular weight excluding hydrogens is 462 g/mol. The fourth-order valence-electron chi connectivity index (χ4n) is 6.55. The molecule has 0 atom stereocenters. The Kier molecular flexibility index (Phi) is 5.94. The highest BCUT2D eigenvalue weighted by atomic mass is 16.1. The number of unbranched alkanes of at least 4 members (excludes halogenated alkanes) is 1. The van der Waals surface area contributed by atoms with Crippen LogP contribution in [0.3, 0.4) is 0 Å². The largest absolute Gasteiger partial charge is 0.295 e. The highest BCUT2D eigenvalue weighted by Gasteiger charge is 2.38. The van der Waals surface area contributed by atoms with Gasteiger partial charge in [0.1, 0.15) is 0 Å². The number of hydrogen-bond acceptors (Lipinski definition) is 2. The van der Waals surface area contributed by atoms with Gasteiger partial charge < -0.3 is 0 Å². The summed E-state index contributed by atoms with van der Waals surface area (Å²) in [5.74, 6) is 0.116. The molecule has 0 unspecified atom stereocenters. The minimum atomic E-state index is -0.198. The second-order valence-electron chi connectivity index (χ2n) is 11.3. The van der Waals surface area contributed by atoms with E-state index in [2.05, 4.69) is 88.4 Å². The van der Waals surface area contributed by atoms with E-state index < -0.39 is 0 Å². The molecule has 6 rings (SSSR count). The number of hydrogen-bond donors (Lipinski definition) is 0. The highest BCUT2D eigenvalue weighted by molar-refractivity contribution is 6.15. The zero-order chi connectivity index (χ0) is 26.6. The first kappa shape index (κ1) is 24.6. The molecule has 0 bridgehead atoms. The van der Waals surface area contributed by atoms with Crippen LogP contribution in [0.15, 0.2) is 72.9 Å². The Morgan fingerprint density at radius 1 is 0.868 bits per heavy atom. The summed E-state index contributed by atoms with van der Waals surface area (Å²) in [7, 11) is 0. The predicted molar refractivity (Wildman–Crippen MR) is 160 cm³/mol. The van der Waals surface area contributed by atoms with E-state index in [0.29, 0.717) is 0 Å². The zero-order valence-corrected chi connectivity index (χ0v) is 23.1. The van der Waals surface area contributed by atoms with Crippen LogP contribution >= 0.6 is 0 Å². The number of carbonyl (C=O) groups excluding carboxylic acids is 1. The first-order valence-corrected chi connectivity index (χ1v) is 14.0. The van der Waals surface area contributed by atoms with Crippen molar-refractivity contribution in [1.82, 2.24) is 4.98 Å². The third-order valence-corrected chi connectivity index (χ3v) is 8.54. The van der Waals surface area contributed by atoms with Crippen molar-refractivity contribution >= 4 is 27.3 Å². The molecule has 0 radical (unpaired) electrons. The lowest BCUT2D eigenvalue weighted by Gasteiger charge is -2.24. The van der Waals surface area contributed by atoms with E-state index in [1.165, 1.54) is 73.3 Å². The lowest BCUT2D eigenvalue weighted by molar-refractivity contribution is 0.101. The lowest BCUT2D eigenvalue weighted by Crippen LogP contribution is -2.16. The van der Waals surface area contributed by atoms with Gasteiger partial charge in [-0.3, -0.25) is 9.78 Å². The fraction of sp³-hybridized carbons (Fsp3) is 0.278. The van der Waals surface area contributed by atoms with Gasteiger partial charge in [-0.1, -0.05) is 76.6 Å². The molecule has 1 heterocycles. The van der Waals surface area contributed by atoms with Crippen molar-refractivity contribution in [2.75, 3.05) is 0 Å². The number of Topliss-reactive ketones (excluding diaryl/α,β-unsaturated/α-hetero) is 1. The van der Waals surface area contributed by atoms with Crippen molar-refractivity contribution in [3.8, 4) is 22.4 Å². The predicted octanol–water partition coefficient (Wildman–Crippen LogP) is 9.47. The molecule has 0 amide bonds. The molecule has 2 nitrogen and oxygen atoms in total. The summed E-state index contributed by atoms with van der Waals surface area (Å²) in [4.78, 5) is 17.1. The molecule has 4 aromatic carbocycles. The maximum Gasteiger partial charge on any atom is 0.159 e. The SMILES string of the molecule is CCCCc1cccc(-c2nccc3c2ccc2c4c(c(CC)cc23)-c2ccc(C(C)=O)cc2C4(C)C)c1. The molecule has 0 saturated heterocycles. The van der Waals surface area contributed by atoms with Crippen LogP contribution in [0, 0.1) is 0 Å². The van der Waals surface area contributed by atoms with Crippen LogP contribution in [0.4, 0.5) is 0 Å². The molecule has 0 N–H and O–H groups in total. The average Bonchev–Trinajstić information content (AvgIpc) is 3.17. The molecule has 5 aromatic rings. The van der Waals surface area contributed by atoms with Crippen molar-refractivity contribution in [3.63, 3.8) is 0 Å². The van der Waals surface area contributed by atoms with Gasteiger partial charge in [0.2, 0.25) is 0 Å². The first-order chi connectivity index (χ1) is 18.3. The number of benzene rings is 4. The van der Waals surface area contributed by atoms with Crippen LogP contribution in [0.5, 0.6) is 0 Å². The Morgan fingerprint density at radius 3 is 2.45 bits per heavy atom. The summed E-state index contributed by atoms with van der Waals surface area (Å²) in [6.45, 7) is 10.8. The number of rotatable bonds is 6. The monoisotopic (exact) mass is 497 g/mol. The van der Waals surface area contributed by atoms with Gasteiger partial charge in [0.25, 0.3) is 0 Å². The van der Waals surface area contributed by atoms with Crippen molar-refractivity contribution in [2.24, 2.45) is 0 Å². The molecule has 0 aliphatic heterocycles. The van der Waals surface area contributed by atoms with Gasteiger partial charge in [-0.2, -0.15) is 0 Å². The van der Waals surface area contributed by atoms with E-state index in [-0.39, 0.29) is 11.2 Å². The number of aryl methyl sites for hydroxylation is 2. The molecule has 190 valence electrons. The smallest absolute Gasteiger partial charge is 0.159 e. The summed E-state index contributed by atoms with van der Waals surface area (Å²) in [6.07, 6.45) is 6.42. The van der Waals surface area contributed by atoms with Crippen LogP contribution in [0.25, 0.3) is 43.9 Å². The Hall–Kier alpha value is -3.78. The zero-order valence-electron chi connectivity index (χ0n) is 23.1. The highest BCUT2D eigenvalue weighted by Crippen LogP contribution is 2.54. The van der Waals surface area contributed by atoms with Crippen LogP contribution < -0.4 is 0 Å². The maximum absolute atomic E-state index is 12.2. The standard InChI is InChI=1S/C36H35NO/c1-6-8-10-23-11-9-12-26(19-23)35-29-16-15-28-31(27(29)17-18-37-35)20-24(7-2)33-30-14-13-25(22(3)38)21-32(30)36(4,5)34(28)33/h9,11-21H,6-8,10H2,1-5H3. The van der Waals surface area contributed by atoms with Crippen molar-refractivity contribution in [2.45, 2.75) is 65.7 Å². The van der Waals surface area contributed by atoms with Crippen molar-refractivity contribution in [3.05, 3.63) is 101 Å². The van der Waals surface area contributed by atoms with E-state index in [1.807, 2.05) is 12.3 Å². The molecule has 1 aliphatic rings. The van der Waals surface area contributed by atoms with E-state index in [0.717, 1.165) is 24.1 Å². The van der Waals surface area contributed by atoms with E-state index in [9.17, 15) is 4.79 Å². The van der Waals surface area contributed by atoms with Crippen LogP contribution in [0.2, 0.25) is 0 Å². The number of nitrogens with zero attached hydrogens (tertiary/aromatic N) is 1. The van der Waals surface area contributed by atoms with Gasteiger partial charge in [-0.05, 0) is 100.0 Å². The summed E-state index contributed by atoms with van der Waals surface area (Å²) in [5.41, 5.74) is 10.8.